The van der Waals surface area contributed by atoms with E-state index in [1.54, 1.807) is 11.3 Å². The number of aryl methyl sites for hydroxylation is 1. The molecule has 1 aromatic heterocycles. The lowest BCUT2D eigenvalue weighted by Gasteiger charge is -2.18. The zero-order valence-corrected chi connectivity index (χ0v) is 14.3. The Bertz CT molecular complexity index is 613. The third-order valence-electron chi connectivity index (χ3n) is 3.37. The Kier molecular flexibility index (Phi) is 4.69. The first-order valence-electron chi connectivity index (χ1n) is 7.19. The van der Waals surface area contributed by atoms with Gasteiger partial charge in [-0.25, -0.2) is 4.98 Å². The Morgan fingerprint density at radius 3 is 2.52 bits per heavy atom. The van der Waals surface area contributed by atoms with Crippen LogP contribution in [0.4, 0.5) is 5.13 Å². The lowest BCUT2D eigenvalue weighted by atomic mass is 9.91. The topological polar surface area (TPSA) is 36.4 Å². The van der Waals surface area contributed by atoms with Crippen molar-refractivity contribution in [1.82, 2.24) is 4.98 Å². The highest BCUT2D eigenvalue weighted by atomic mass is 32.1. The minimum atomic E-state index is -0.0447. The van der Waals surface area contributed by atoms with Crippen LogP contribution in [-0.4, -0.2) is 17.1 Å². The summed E-state index contributed by atoms with van der Waals surface area (Å²) >= 11 is 1.58. The van der Waals surface area contributed by atoms with Crippen molar-refractivity contribution < 1.29 is 5.11 Å². The number of aliphatic hydroxyl groups excluding tert-OH is 1. The zero-order chi connectivity index (χ0) is 15.6. The molecule has 4 heteroatoms. The van der Waals surface area contributed by atoms with E-state index in [9.17, 15) is 5.11 Å². The summed E-state index contributed by atoms with van der Waals surface area (Å²) in [5.41, 5.74) is 3.50. The van der Waals surface area contributed by atoms with Gasteiger partial charge in [-0.2, -0.15) is 0 Å². The first kappa shape index (κ1) is 16.0. The average molecular weight is 304 g/mol. The standard InChI is InChI=1S/C17H24N2OS/c1-12-7-6-8-13(9-12)10-19(5)16-18-15(17(2,3)4)14(11-20)21-16/h6-9,20H,10-11H2,1-5H3. The fourth-order valence-corrected chi connectivity index (χ4v) is 3.44. The van der Waals surface area contributed by atoms with Crippen LogP contribution in [0.2, 0.25) is 0 Å². The molecule has 1 heterocycles. The molecular formula is C17H24N2OS. The van der Waals surface area contributed by atoms with Crippen LogP contribution in [0.5, 0.6) is 0 Å². The molecule has 0 unspecified atom stereocenters. The third kappa shape index (κ3) is 3.83. The number of thiazole rings is 1. The molecule has 0 saturated carbocycles. The minimum absolute atomic E-state index is 0.0447. The summed E-state index contributed by atoms with van der Waals surface area (Å²) in [5, 5.41) is 10.5. The molecule has 0 atom stereocenters. The fourth-order valence-electron chi connectivity index (χ4n) is 2.35. The maximum atomic E-state index is 9.55. The molecule has 2 rings (SSSR count). The van der Waals surface area contributed by atoms with Crippen LogP contribution in [0.15, 0.2) is 24.3 Å². The first-order valence-corrected chi connectivity index (χ1v) is 8.00. The van der Waals surface area contributed by atoms with Crippen LogP contribution in [0.1, 0.15) is 42.5 Å². The lowest BCUT2D eigenvalue weighted by molar-refractivity contribution is 0.282. The van der Waals surface area contributed by atoms with Gasteiger partial charge in [0, 0.05) is 19.0 Å². The van der Waals surface area contributed by atoms with Crippen LogP contribution in [-0.2, 0) is 18.6 Å². The normalized spacial score (nSPS) is 11.7. The van der Waals surface area contributed by atoms with Crippen molar-refractivity contribution in [3.8, 4) is 0 Å². The monoisotopic (exact) mass is 304 g/mol. The van der Waals surface area contributed by atoms with Gasteiger partial charge >= 0.3 is 0 Å². The molecule has 0 aliphatic heterocycles. The highest BCUT2D eigenvalue weighted by Crippen LogP contribution is 2.33. The predicted octanol–water partition coefficient (Wildman–Crippen LogP) is 3.88. The van der Waals surface area contributed by atoms with E-state index in [0.717, 1.165) is 22.2 Å². The van der Waals surface area contributed by atoms with Crippen LogP contribution in [0.25, 0.3) is 0 Å². The van der Waals surface area contributed by atoms with E-state index in [1.165, 1.54) is 11.1 Å². The largest absolute Gasteiger partial charge is 0.391 e. The quantitative estimate of drug-likeness (QED) is 0.931. The molecular weight excluding hydrogens is 280 g/mol. The van der Waals surface area contributed by atoms with E-state index in [1.807, 2.05) is 0 Å². The van der Waals surface area contributed by atoms with Crippen molar-refractivity contribution >= 4 is 16.5 Å². The molecule has 0 aliphatic carbocycles. The summed E-state index contributed by atoms with van der Waals surface area (Å²) in [6.45, 7) is 9.38. The van der Waals surface area contributed by atoms with Crippen molar-refractivity contribution in [3.63, 3.8) is 0 Å². The summed E-state index contributed by atoms with van der Waals surface area (Å²) in [4.78, 5) is 7.87. The molecule has 1 aromatic carbocycles. The molecule has 0 amide bonds. The van der Waals surface area contributed by atoms with Crippen molar-refractivity contribution in [3.05, 3.63) is 46.0 Å². The summed E-state index contributed by atoms with van der Waals surface area (Å²) < 4.78 is 0. The van der Waals surface area contributed by atoms with Crippen molar-refractivity contribution in [2.75, 3.05) is 11.9 Å². The molecule has 21 heavy (non-hydrogen) atoms. The Hall–Kier alpha value is -1.39. The number of nitrogens with zero attached hydrogens (tertiary/aromatic N) is 2. The van der Waals surface area contributed by atoms with Crippen molar-refractivity contribution in [2.24, 2.45) is 0 Å². The van der Waals surface area contributed by atoms with Crippen LogP contribution in [0, 0.1) is 6.92 Å². The van der Waals surface area contributed by atoms with E-state index in [2.05, 4.69) is 63.9 Å². The van der Waals surface area contributed by atoms with E-state index in [0.29, 0.717) is 0 Å². The molecule has 1 N–H and O–H groups in total. The van der Waals surface area contributed by atoms with Gasteiger partial charge in [0.1, 0.15) is 0 Å². The molecule has 0 spiro atoms. The Labute approximate surface area is 131 Å². The molecule has 2 aromatic rings. The van der Waals surface area contributed by atoms with Gasteiger partial charge in [0.15, 0.2) is 5.13 Å². The molecule has 114 valence electrons. The number of benzene rings is 1. The second-order valence-electron chi connectivity index (χ2n) is 6.52. The van der Waals surface area contributed by atoms with Crippen LogP contribution >= 0.6 is 11.3 Å². The van der Waals surface area contributed by atoms with Crippen molar-refractivity contribution in [2.45, 2.75) is 46.3 Å². The van der Waals surface area contributed by atoms with Crippen LogP contribution < -0.4 is 4.90 Å². The zero-order valence-electron chi connectivity index (χ0n) is 13.5. The molecule has 0 saturated heterocycles. The van der Waals surface area contributed by atoms with Gasteiger partial charge in [-0.1, -0.05) is 61.9 Å². The second kappa shape index (κ2) is 6.16. The Morgan fingerprint density at radius 2 is 2.00 bits per heavy atom. The average Bonchev–Trinajstić information content (AvgIpc) is 2.82. The van der Waals surface area contributed by atoms with Gasteiger partial charge in [0.05, 0.1) is 17.2 Å². The van der Waals surface area contributed by atoms with E-state index in [4.69, 9.17) is 4.98 Å². The highest BCUT2D eigenvalue weighted by Gasteiger charge is 2.23. The van der Waals surface area contributed by atoms with Crippen molar-refractivity contribution in [1.29, 1.82) is 0 Å². The van der Waals surface area contributed by atoms with E-state index in [-0.39, 0.29) is 12.0 Å². The number of aromatic nitrogens is 1. The van der Waals surface area contributed by atoms with Crippen LogP contribution in [0.3, 0.4) is 0 Å². The van der Waals surface area contributed by atoms with Gasteiger partial charge in [-0.15, -0.1) is 0 Å². The Morgan fingerprint density at radius 1 is 1.29 bits per heavy atom. The van der Waals surface area contributed by atoms with Gasteiger partial charge in [-0.05, 0) is 12.5 Å². The maximum absolute atomic E-state index is 9.55. The highest BCUT2D eigenvalue weighted by molar-refractivity contribution is 7.15. The predicted molar refractivity (Wildman–Crippen MR) is 90.0 cm³/mol. The maximum Gasteiger partial charge on any atom is 0.185 e. The van der Waals surface area contributed by atoms with Gasteiger partial charge in [0.25, 0.3) is 0 Å². The smallest absolute Gasteiger partial charge is 0.185 e. The summed E-state index contributed by atoms with van der Waals surface area (Å²) in [6, 6.07) is 8.52. The molecule has 3 nitrogen and oxygen atoms in total. The number of rotatable bonds is 4. The summed E-state index contributed by atoms with van der Waals surface area (Å²) in [5.74, 6) is 0. The molecule has 0 aliphatic rings. The minimum Gasteiger partial charge on any atom is -0.391 e. The molecule has 0 fully saturated rings. The number of hydrogen-bond donors (Lipinski definition) is 1. The molecule has 0 radical (unpaired) electrons. The Balaban J connectivity index is 2.23. The van der Waals surface area contributed by atoms with E-state index < -0.39 is 0 Å². The fraction of sp³-hybridized carbons (Fsp3) is 0.471. The SMILES string of the molecule is Cc1cccc(CN(C)c2nc(C(C)(C)C)c(CO)s2)c1. The van der Waals surface area contributed by atoms with Gasteiger partial charge in [-0.3, -0.25) is 0 Å². The van der Waals surface area contributed by atoms with Gasteiger partial charge in [0.2, 0.25) is 0 Å². The first-order chi connectivity index (χ1) is 9.81. The second-order valence-corrected chi connectivity index (χ2v) is 7.58. The number of anilines is 1. The van der Waals surface area contributed by atoms with E-state index >= 15 is 0 Å². The van der Waals surface area contributed by atoms with Gasteiger partial charge < -0.3 is 10.0 Å². The summed E-state index contributed by atoms with van der Waals surface area (Å²) in [6.07, 6.45) is 0. The molecule has 0 bridgehead atoms. The number of aliphatic hydroxyl groups is 1. The third-order valence-corrected chi connectivity index (χ3v) is 4.52. The lowest BCUT2D eigenvalue weighted by Crippen LogP contribution is -2.18. The number of hydrogen-bond acceptors (Lipinski definition) is 4. The summed E-state index contributed by atoms with van der Waals surface area (Å²) in [7, 11) is 2.05.